The molecule has 0 bridgehead atoms. The van der Waals surface area contributed by atoms with E-state index in [1.807, 2.05) is 30.3 Å². The van der Waals surface area contributed by atoms with E-state index in [1.54, 1.807) is 13.0 Å². The Kier molecular flexibility index (Phi) is 3.82. The van der Waals surface area contributed by atoms with Crippen LogP contribution in [-0.4, -0.2) is 24.6 Å². The molecule has 100 valence electrons. The molecule has 0 aliphatic rings. The van der Waals surface area contributed by atoms with Crippen LogP contribution in [0, 0.1) is 4.64 Å². The Bertz CT molecular complexity index is 737. The number of nitrogens with zero attached hydrogens (tertiary/aromatic N) is 1. The summed E-state index contributed by atoms with van der Waals surface area (Å²) in [6.07, 6.45) is 1.19. The molecule has 1 heterocycles. The van der Waals surface area contributed by atoms with Gasteiger partial charge in [-0.3, -0.25) is 0 Å². The van der Waals surface area contributed by atoms with Crippen molar-refractivity contribution in [1.29, 1.82) is 0 Å². The predicted octanol–water partition coefficient (Wildman–Crippen LogP) is 2.91. The summed E-state index contributed by atoms with van der Waals surface area (Å²) < 4.78 is 23.6. The molecule has 2 rings (SSSR count). The minimum Gasteiger partial charge on any atom is -0.342 e. The first-order valence-corrected chi connectivity index (χ1v) is 8.10. The zero-order valence-electron chi connectivity index (χ0n) is 10.6. The van der Waals surface area contributed by atoms with Crippen molar-refractivity contribution in [2.45, 2.75) is 12.2 Å². The highest BCUT2D eigenvalue weighted by molar-refractivity contribution is 7.90. The fraction of sp³-hybridized carbons (Fsp3) is 0.231. The summed E-state index contributed by atoms with van der Waals surface area (Å²) in [5, 5.41) is -0.710. The van der Waals surface area contributed by atoms with Crippen molar-refractivity contribution in [3.63, 3.8) is 0 Å². The minimum atomic E-state index is -3.21. The molecule has 0 radical (unpaired) electrons. The normalized spacial score (nSPS) is 13.2. The quantitative estimate of drug-likeness (QED) is 0.884. The number of nitrogens with one attached hydrogen (secondary N) is 1. The Morgan fingerprint density at radius 1 is 1.26 bits per heavy atom. The van der Waals surface area contributed by atoms with E-state index < -0.39 is 15.1 Å². The van der Waals surface area contributed by atoms with Gasteiger partial charge in [0.1, 0.15) is 15.7 Å². The van der Waals surface area contributed by atoms with Crippen LogP contribution < -0.4 is 0 Å². The molecule has 2 aromatic rings. The molecule has 6 heteroatoms. The lowest BCUT2D eigenvalue weighted by Gasteiger charge is -2.11. The molecule has 1 N–H and O–H groups in total. The molecule has 0 saturated carbocycles. The highest BCUT2D eigenvalue weighted by Gasteiger charge is 2.20. The third-order valence-electron chi connectivity index (χ3n) is 2.87. The summed E-state index contributed by atoms with van der Waals surface area (Å²) in [6, 6.07) is 11.3. The van der Waals surface area contributed by atoms with E-state index >= 15 is 0 Å². The van der Waals surface area contributed by atoms with E-state index in [2.05, 4.69) is 9.97 Å². The molecule has 0 saturated heterocycles. The van der Waals surface area contributed by atoms with Gasteiger partial charge in [-0.25, -0.2) is 13.4 Å². The zero-order valence-corrected chi connectivity index (χ0v) is 12.3. The van der Waals surface area contributed by atoms with E-state index in [-0.39, 0.29) is 0 Å². The summed E-state index contributed by atoms with van der Waals surface area (Å²) in [6.45, 7) is 1.59. The molecule has 1 unspecified atom stereocenters. The van der Waals surface area contributed by atoms with Crippen LogP contribution in [0.2, 0.25) is 0 Å². The zero-order chi connectivity index (χ0) is 14.0. The van der Waals surface area contributed by atoms with E-state index in [0.717, 1.165) is 11.3 Å². The van der Waals surface area contributed by atoms with Gasteiger partial charge in [0.15, 0.2) is 9.84 Å². The van der Waals surface area contributed by atoms with Crippen molar-refractivity contribution in [3.8, 4) is 11.3 Å². The van der Waals surface area contributed by atoms with Gasteiger partial charge in [-0.15, -0.1) is 0 Å². The summed E-state index contributed by atoms with van der Waals surface area (Å²) in [5.74, 6) is 0.369. The van der Waals surface area contributed by atoms with Gasteiger partial charge in [-0.2, -0.15) is 0 Å². The van der Waals surface area contributed by atoms with E-state index in [4.69, 9.17) is 12.2 Å². The highest BCUT2D eigenvalue weighted by atomic mass is 32.2. The van der Waals surface area contributed by atoms with Crippen LogP contribution in [0.5, 0.6) is 0 Å². The number of aromatic nitrogens is 2. The van der Waals surface area contributed by atoms with Gasteiger partial charge in [-0.05, 0) is 18.6 Å². The van der Waals surface area contributed by atoms with Crippen molar-refractivity contribution in [3.05, 3.63) is 46.9 Å². The van der Waals surface area contributed by atoms with Crippen molar-refractivity contribution in [2.24, 2.45) is 0 Å². The van der Waals surface area contributed by atoms with Gasteiger partial charge >= 0.3 is 0 Å². The Labute approximate surface area is 117 Å². The molecule has 0 spiro atoms. The summed E-state index contributed by atoms with van der Waals surface area (Å²) >= 11 is 5.10. The summed E-state index contributed by atoms with van der Waals surface area (Å²) in [7, 11) is -3.21. The predicted molar refractivity (Wildman–Crippen MR) is 78.1 cm³/mol. The number of benzene rings is 1. The van der Waals surface area contributed by atoms with Crippen molar-refractivity contribution in [1.82, 2.24) is 9.97 Å². The number of rotatable bonds is 3. The van der Waals surface area contributed by atoms with Crippen LogP contribution in [0.25, 0.3) is 11.3 Å². The Morgan fingerprint density at radius 3 is 2.47 bits per heavy atom. The van der Waals surface area contributed by atoms with Crippen LogP contribution in [0.3, 0.4) is 0 Å². The molecule has 1 aromatic carbocycles. The maximum absolute atomic E-state index is 11.6. The molecular weight excluding hydrogens is 280 g/mol. The maximum atomic E-state index is 11.6. The molecule has 1 aromatic heterocycles. The van der Waals surface area contributed by atoms with E-state index in [0.29, 0.717) is 10.5 Å². The first kappa shape index (κ1) is 13.9. The summed E-state index contributed by atoms with van der Waals surface area (Å²) in [4.78, 5) is 7.16. The smallest absolute Gasteiger partial charge is 0.157 e. The van der Waals surface area contributed by atoms with Gasteiger partial charge < -0.3 is 4.98 Å². The average Bonchev–Trinajstić information content (AvgIpc) is 2.37. The highest BCUT2D eigenvalue weighted by Crippen LogP contribution is 2.21. The van der Waals surface area contributed by atoms with Gasteiger partial charge in [0.25, 0.3) is 0 Å². The fourth-order valence-electron chi connectivity index (χ4n) is 1.65. The monoisotopic (exact) mass is 294 g/mol. The maximum Gasteiger partial charge on any atom is 0.157 e. The average molecular weight is 294 g/mol. The second-order valence-electron chi connectivity index (χ2n) is 4.36. The number of hydrogen-bond acceptors (Lipinski definition) is 4. The topological polar surface area (TPSA) is 62.8 Å². The van der Waals surface area contributed by atoms with Gasteiger partial charge in [0.2, 0.25) is 0 Å². The van der Waals surface area contributed by atoms with Crippen LogP contribution in [0.1, 0.15) is 18.0 Å². The van der Waals surface area contributed by atoms with Crippen LogP contribution in [0.15, 0.2) is 36.4 Å². The number of aromatic amines is 1. The molecule has 4 nitrogen and oxygen atoms in total. The van der Waals surface area contributed by atoms with Gasteiger partial charge in [0, 0.05) is 11.9 Å². The molecule has 0 aliphatic carbocycles. The molecular formula is C13H14N2O2S2. The SMILES string of the molecule is CC(c1nc(=S)cc(-c2ccccc2)[nH]1)S(C)(=O)=O. The first-order chi connectivity index (χ1) is 8.88. The molecule has 1 atom stereocenters. The lowest BCUT2D eigenvalue weighted by Crippen LogP contribution is -2.12. The lowest BCUT2D eigenvalue weighted by atomic mass is 10.1. The Morgan fingerprint density at radius 2 is 1.89 bits per heavy atom. The molecule has 0 fully saturated rings. The van der Waals surface area contributed by atoms with Crippen molar-refractivity contribution < 1.29 is 8.42 Å². The van der Waals surface area contributed by atoms with Crippen molar-refractivity contribution in [2.75, 3.05) is 6.26 Å². The molecule has 19 heavy (non-hydrogen) atoms. The second-order valence-corrected chi connectivity index (χ2v) is 7.14. The number of sulfone groups is 1. The van der Waals surface area contributed by atoms with Crippen LogP contribution in [-0.2, 0) is 9.84 Å². The third kappa shape index (κ3) is 3.27. The molecule has 0 aliphatic heterocycles. The third-order valence-corrected chi connectivity index (χ3v) is 4.59. The summed E-state index contributed by atoms with van der Waals surface area (Å²) in [5.41, 5.74) is 1.71. The van der Waals surface area contributed by atoms with E-state index in [1.165, 1.54) is 6.26 Å². The Balaban J connectivity index is 2.56. The second kappa shape index (κ2) is 5.22. The first-order valence-electron chi connectivity index (χ1n) is 5.73. The number of H-pyrrole nitrogens is 1. The number of hydrogen-bond donors (Lipinski definition) is 1. The van der Waals surface area contributed by atoms with Crippen LogP contribution in [0.4, 0.5) is 0 Å². The van der Waals surface area contributed by atoms with Gasteiger partial charge in [0.05, 0.1) is 0 Å². The molecule has 0 amide bonds. The van der Waals surface area contributed by atoms with Gasteiger partial charge in [-0.1, -0.05) is 42.5 Å². The van der Waals surface area contributed by atoms with Crippen molar-refractivity contribution >= 4 is 22.1 Å². The van der Waals surface area contributed by atoms with Crippen LogP contribution >= 0.6 is 12.2 Å². The standard InChI is InChI=1S/C13H14N2O2S2/c1-9(19(2,16)17)13-14-11(8-12(18)15-13)10-6-4-3-5-7-10/h3-9H,1-2H3,(H,14,15,18). The van der Waals surface area contributed by atoms with E-state index in [9.17, 15) is 8.42 Å². The minimum absolute atomic E-state index is 0.369. The fourth-order valence-corrected chi connectivity index (χ4v) is 2.38. The lowest BCUT2D eigenvalue weighted by molar-refractivity contribution is 0.589. The largest absolute Gasteiger partial charge is 0.342 e. The Hall–Kier alpha value is -1.53.